The highest BCUT2D eigenvalue weighted by molar-refractivity contribution is 7.92. The van der Waals surface area contributed by atoms with Crippen molar-refractivity contribution in [3.05, 3.63) is 94.0 Å². The molecule has 196 valence electrons. The van der Waals surface area contributed by atoms with Gasteiger partial charge in [0.15, 0.2) is 0 Å². The van der Waals surface area contributed by atoms with Crippen LogP contribution < -0.4 is 9.62 Å². The van der Waals surface area contributed by atoms with Crippen molar-refractivity contribution >= 4 is 50.7 Å². The van der Waals surface area contributed by atoms with Crippen molar-refractivity contribution in [3.8, 4) is 0 Å². The van der Waals surface area contributed by atoms with E-state index in [1.807, 2.05) is 6.92 Å². The van der Waals surface area contributed by atoms with Gasteiger partial charge in [0, 0.05) is 23.1 Å². The zero-order valence-electron chi connectivity index (χ0n) is 20.8. The maximum atomic E-state index is 13.8. The number of aryl methyl sites for hydroxylation is 1. The first kappa shape index (κ1) is 28.5. The molecule has 0 saturated carbocycles. The van der Waals surface area contributed by atoms with Crippen LogP contribution in [0.1, 0.15) is 25.0 Å². The Labute approximate surface area is 228 Å². The number of anilines is 1. The van der Waals surface area contributed by atoms with Crippen molar-refractivity contribution in [1.82, 2.24) is 10.2 Å². The second kappa shape index (κ2) is 12.4. The van der Waals surface area contributed by atoms with Gasteiger partial charge < -0.3 is 10.2 Å². The number of benzene rings is 3. The molecule has 0 aliphatic rings. The lowest BCUT2D eigenvalue weighted by Crippen LogP contribution is -2.51. The van der Waals surface area contributed by atoms with Gasteiger partial charge in [-0.05, 0) is 68.8 Å². The molecule has 37 heavy (non-hydrogen) atoms. The predicted octanol–water partition coefficient (Wildman–Crippen LogP) is 5.05. The number of carbonyl (C=O) groups is 2. The molecule has 0 spiro atoms. The first-order valence-corrected chi connectivity index (χ1v) is 13.9. The van der Waals surface area contributed by atoms with E-state index in [1.54, 1.807) is 68.4 Å². The molecule has 0 aliphatic carbocycles. The third-order valence-electron chi connectivity index (χ3n) is 5.74. The molecular weight excluding hydrogens is 533 g/mol. The van der Waals surface area contributed by atoms with Gasteiger partial charge in [0.05, 0.1) is 10.6 Å². The number of carbonyl (C=O) groups excluding carboxylic acids is 2. The number of halogens is 2. The van der Waals surface area contributed by atoms with Gasteiger partial charge in [-0.1, -0.05) is 59.1 Å². The van der Waals surface area contributed by atoms with Crippen LogP contribution in [0.2, 0.25) is 10.0 Å². The molecule has 1 atom stereocenters. The van der Waals surface area contributed by atoms with E-state index < -0.39 is 28.5 Å². The third kappa shape index (κ3) is 7.25. The Hall–Kier alpha value is -3.07. The Kier molecular flexibility index (Phi) is 9.59. The number of sulfonamides is 1. The summed E-state index contributed by atoms with van der Waals surface area (Å²) < 4.78 is 28.5. The van der Waals surface area contributed by atoms with Gasteiger partial charge in [0.25, 0.3) is 10.0 Å². The molecule has 0 heterocycles. The fraction of sp³-hybridized carbons (Fsp3) is 0.259. The van der Waals surface area contributed by atoms with E-state index >= 15 is 0 Å². The van der Waals surface area contributed by atoms with E-state index in [2.05, 4.69) is 5.32 Å². The van der Waals surface area contributed by atoms with Crippen LogP contribution in [0.15, 0.2) is 77.7 Å². The Bertz CT molecular complexity index is 1360. The molecule has 1 N–H and O–H groups in total. The standard InChI is InChI=1S/C27H29Cl2N3O4S/c1-4-30-27(34)20(3)31(17-21-7-5-8-22(28)15-21)26(33)18-32(24-10-6-9-23(29)16-24)37(35,36)25-13-11-19(2)12-14-25/h5-16,20H,4,17-18H2,1-3H3,(H,30,34). The van der Waals surface area contributed by atoms with E-state index in [0.29, 0.717) is 22.2 Å². The molecule has 3 aromatic carbocycles. The fourth-order valence-corrected chi connectivity index (χ4v) is 5.54. The van der Waals surface area contributed by atoms with Crippen molar-refractivity contribution in [1.29, 1.82) is 0 Å². The largest absolute Gasteiger partial charge is 0.355 e. The molecule has 0 radical (unpaired) electrons. The van der Waals surface area contributed by atoms with Crippen LogP contribution in [0.3, 0.4) is 0 Å². The maximum absolute atomic E-state index is 13.8. The average molecular weight is 563 g/mol. The summed E-state index contributed by atoms with van der Waals surface area (Å²) in [5.74, 6) is -0.914. The maximum Gasteiger partial charge on any atom is 0.264 e. The van der Waals surface area contributed by atoms with Crippen LogP contribution in [-0.2, 0) is 26.2 Å². The lowest BCUT2D eigenvalue weighted by Gasteiger charge is -2.32. The van der Waals surface area contributed by atoms with Crippen LogP contribution >= 0.6 is 23.2 Å². The van der Waals surface area contributed by atoms with Gasteiger partial charge in [0.1, 0.15) is 12.6 Å². The molecule has 3 rings (SSSR count). The summed E-state index contributed by atoms with van der Waals surface area (Å²) in [7, 11) is -4.15. The molecule has 1 unspecified atom stereocenters. The Morgan fingerprint density at radius 3 is 2.16 bits per heavy atom. The highest BCUT2D eigenvalue weighted by Gasteiger charge is 2.32. The lowest BCUT2D eigenvalue weighted by molar-refractivity contribution is -0.139. The number of nitrogens with zero attached hydrogens (tertiary/aromatic N) is 2. The summed E-state index contributed by atoms with van der Waals surface area (Å²) in [5, 5.41) is 3.53. The van der Waals surface area contributed by atoms with Crippen molar-refractivity contribution in [2.75, 3.05) is 17.4 Å². The summed E-state index contributed by atoms with van der Waals surface area (Å²) >= 11 is 12.3. The van der Waals surface area contributed by atoms with Crippen LogP contribution in [0.25, 0.3) is 0 Å². The third-order valence-corrected chi connectivity index (χ3v) is 8.00. The smallest absolute Gasteiger partial charge is 0.264 e. The summed E-state index contributed by atoms with van der Waals surface area (Å²) in [6.07, 6.45) is 0. The van der Waals surface area contributed by atoms with E-state index in [0.717, 1.165) is 9.87 Å². The normalized spacial score (nSPS) is 12.0. The average Bonchev–Trinajstić information content (AvgIpc) is 2.85. The highest BCUT2D eigenvalue weighted by atomic mass is 35.5. The second-order valence-corrected chi connectivity index (χ2v) is 11.3. The van der Waals surface area contributed by atoms with Gasteiger partial charge in [-0.2, -0.15) is 0 Å². The van der Waals surface area contributed by atoms with Crippen LogP contribution in [-0.4, -0.2) is 44.3 Å². The van der Waals surface area contributed by atoms with Crippen LogP contribution in [0, 0.1) is 6.92 Å². The summed E-state index contributed by atoms with van der Waals surface area (Å²) in [6, 6.07) is 18.7. The molecule has 3 aromatic rings. The van der Waals surface area contributed by atoms with Crippen molar-refractivity contribution < 1.29 is 18.0 Å². The van der Waals surface area contributed by atoms with E-state index in [-0.39, 0.29) is 23.0 Å². The Morgan fingerprint density at radius 2 is 1.57 bits per heavy atom. The minimum Gasteiger partial charge on any atom is -0.355 e. The summed E-state index contributed by atoms with van der Waals surface area (Å²) in [5.41, 5.74) is 1.83. The van der Waals surface area contributed by atoms with Gasteiger partial charge in [-0.15, -0.1) is 0 Å². The Morgan fingerprint density at radius 1 is 0.946 bits per heavy atom. The zero-order valence-corrected chi connectivity index (χ0v) is 23.1. The minimum absolute atomic E-state index is 0.0315. The molecule has 0 fully saturated rings. The number of nitrogens with one attached hydrogen (secondary N) is 1. The molecule has 10 heteroatoms. The van der Waals surface area contributed by atoms with Crippen molar-refractivity contribution in [2.45, 2.75) is 38.3 Å². The first-order chi connectivity index (χ1) is 17.5. The molecule has 2 amide bonds. The SMILES string of the molecule is CCNC(=O)C(C)N(Cc1cccc(Cl)c1)C(=O)CN(c1cccc(Cl)c1)S(=O)(=O)c1ccc(C)cc1. The predicted molar refractivity (Wildman–Crippen MR) is 147 cm³/mol. The zero-order chi connectivity index (χ0) is 27.2. The molecule has 0 bridgehead atoms. The summed E-state index contributed by atoms with van der Waals surface area (Å²) in [6.45, 7) is 5.14. The minimum atomic E-state index is -4.15. The van der Waals surface area contributed by atoms with Crippen LogP contribution in [0.5, 0.6) is 0 Å². The molecular formula is C27H29Cl2N3O4S. The van der Waals surface area contributed by atoms with Gasteiger partial charge in [-0.25, -0.2) is 8.42 Å². The second-order valence-electron chi connectivity index (χ2n) is 8.53. The van der Waals surface area contributed by atoms with Gasteiger partial charge in [0.2, 0.25) is 11.8 Å². The number of hydrogen-bond acceptors (Lipinski definition) is 4. The van der Waals surface area contributed by atoms with Gasteiger partial charge in [-0.3, -0.25) is 13.9 Å². The lowest BCUT2D eigenvalue weighted by atomic mass is 10.1. The highest BCUT2D eigenvalue weighted by Crippen LogP contribution is 2.27. The van der Waals surface area contributed by atoms with E-state index in [4.69, 9.17) is 23.2 Å². The molecule has 0 saturated heterocycles. The van der Waals surface area contributed by atoms with Crippen molar-refractivity contribution in [2.24, 2.45) is 0 Å². The number of amides is 2. The monoisotopic (exact) mass is 561 g/mol. The fourth-order valence-electron chi connectivity index (χ4n) is 3.73. The quantitative estimate of drug-likeness (QED) is 0.375. The molecule has 7 nitrogen and oxygen atoms in total. The molecule has 0 aromatic heterocycles. The van der Waals surface area contributed by atoms with Crippen molar-refractivity contribution in [3.63, 3.8) is 0 Å². The number of rotatable bonds is 10. The first-order valence-electron chi connectivity index (χ1n) is 11.7. The number of hydrogen-bond donors (Lipinski definition) is 1. The Balaban J connectivity index is 2.03. The van der Waals surface area contributed by atoms with E-state index in [1.165, 1.54) is 23.1 Å². The molecule has 0 aliphatic heterocycles. The van der Waals surface area contributed by atoms with Crippen LogP contribution in [0.4, 0.5) is 5.69 Å². The topological polar surface area (TPSA) is 86.8 Å². The number of likely N-dealkylation sites (N-methyl/N-ethyl adjacent to an activating group) is 1. The van der Waals surface area contributed by atoms with Gasteiger partial charge >= 0.3 is 0 Å². The van der Waals surface area contributed by atoms with E-state index in [9.17, 15) is 18.0 Å². The summed E-state index contributed by atoms with van der Waals surface area (Å²) in [4.78, 5) is 27.9.